The predicted octanol–water partition coefficient (Wildman–Crippen LogP) is 5.28. The lowest BCUT2D eigenvalue weighted by Gasteiger charge is -2.28. The molecular weight excluding hydrogens is 444 g/mol. The van der Waals surface area contributed by atoms with Gasteiger partial charge in [-0.15, -0.1) is 0 Å². The first-order chi connectivity index (χ1) is 15.1. The van der Waals surface area contributed by atoms with Crippen LogP contribution in [0.3, 0.4) is 0 Å². The Bertz CT molecular complexity index is 660. The molecule has 1 atom stereocenters. The van der Waals surface area contributed by atoms with E-state index < -0.39 is 20.3 Å². The van der Waals surface area contributed by atoms with Crippen LogP contribution in [0, 0.1) is 5.92 Å². The van der Waals surface area contributed by atoms with Gasteiger partial charge < -0.3 is 18.0 Å². The topological polar surface area (TPSA) is 71.1 Å². The maximum atomic E-state index is 13.0. The molecule has 1 aromatic rings. The average Bonchev–Trinajstić information content (AvgIpc) is 2.70. The monoisotopic (exact) mass is 484 g/mol. The molecule has 0 radical (unpaired) electrons. The van der Waals surface area contributed by atoms with Crippen molar-refractivity contribution in [2.45, 2.75) is 72.5 Å². The van der Waals surface area contributed by atoms with Crippen LogP contribution in [0.15, 0.2) is 30.3 Å². The first kappa shape index (κ1) is 28.8. The lowest BCUT2D eigenvalue weighted by atomic mass is 9.97. The molecule has 0 heterocycles. The fourth-order valence-electron chi connectivity index (χ4n) is 3.30. The van der Waals surface area contributed by atoms with E-state index in [0.717, 1.165) is 12.0 Å². The summed E-state index contributed by atoms with van der Waals surface area (Å²) in [6, 6.07) is 10.4. The van der Waals surface area contributed by atoms with E-state index >= 15 is 0 Å². The number of thioether (sulfide) groups is 1. The summed E-state index contributed by atoms with van der Waals surface area (Å²) in [6.45, 7) is 12.9. The number of ether oxygens (including phenoxy) is 1. The second-order valence-electron chi connectivity index (χ2n) is 8.43. The molecular formula is C24H40O6SSi. The molecule has 0 bridgehead atoms. The first-order valence-electron chi connectivity index (χ1n) is 11.5. The fraction of sp³-hybridized carbons (Fsp3) is 0.667. The van der Waals surface area contributed by atoms with Crippen molar-refractivity contribution in [3.05, 3.63) is 35.9 Å². The zero-order valence-electron chi connectivity index (χ0n) is 20.5. The number of esters is 1. The van der Waals surface area contributed by atoms with Crippen LogP contribution < -0.4 is 0 Å². The maximum absolute atomic E-state index is 13.0. The highest BCUT2D eigenvalue weighted by atomic mass is 32.2. The van der Waals surface area contributed by atoms with Gasteiger partial charge in [0.15, 0.2) is 5.12 Å². The number of rotatable bonds is 15. The summed E-state index contributed by atoms with van der Waals surface area (Å²) in [5, 5.41) is 0.0104. The van der Waals surface area contributed by atoms with Gasteiger partial charge in [-0.2, -0.15) is 0 Å². The van der Waals surface area contributed by atoms with Crippen molar-refractivity contribution in [1.29, 1.82) is 0 Å². The van der Waals surface area contributed by atoms with Gasteiger partial charge in [0, 0.05) is 37.5 Å². The number of carbonyl (C=O) groups is 2. The zero-order valence-corrected chi connectivity index (χ0v) is 22.3. The summed E-state index contributed by atoms with van der Waals surface area (Å²) in [4.78, 5) is 25.4. The third-order valence-electron chi connectivity index (χ3n) is 4.46. The molecule has 8 heteroatoms. The SMILES string of the molecule is CCO[Si](CCCSC(=O)C(CC(=O)OC(C)(C)C)Cc1ccccc1)(OCC)OCC. The highest BCUT2D eigenvalue weighted by Crippen LogP contribution is 2.25. The Morgan fingerprint density at radius 1 is 0.969 bits per heavy atom. The van der Waals surface area contributed by atoms with Crippen molar-refractivity contribution in [1.82, 2.24) is 0 Å². The fourth-order valence-corrected chi connectivity index (χ4v) is 7.06. The van der Waals surface area contributed by atoms with Gasteiger partial charge in [0.05, 0.1) is 6.42 Å². The zero-order chi connectivity index (χ0) is 24.0. The molecule has 0 aliphatic rings. The van der Waals surface area contributed by atoms with E-state index in [-0.39, 0.29) is 17.5 Å². The third kappa shape index (κ3) is 11.6. The summed E-state index contributed by atoms with van der Waals surface area (Å²) >= 11 is 1.27. The van der Waals surface area contributed by atoms with Gasteiger partial charge in [-0.3, -0.25) is 9.59 Å². The molecule has 1 unspecified atom stereocenters. The van der Waals surface area contributed by atoms with E-state index in [4.69, 9.17) is 18.0 Å². The lowest BCUT2D eigenvalue weighted by molar-refractivity contribution is -0.156. The van der Waals surface area contributed by atoms with Crippen LogP contribution in [-0.4, -0.2) is 51.1 Å². The average molecular weight is 485 g/mol. The molecule has 0 saturated carbocycles. The van der Waals surface area contributed by atoms with E-state index in [2.05, 4.69) is 0 Å². The Balaban J connectivity index is 2.72. The van der Waals surface area contributed by atoms with Crippen molar-refractivity contribution in [2.75, 3.05) is 25.6 Å². The summed E-state index contributed by atoms with van der Waals surface area (Å²) in [6.07, 6.45) is 1.34. The minimum Gasteiger partial charge on any atom is -0.460 e. The standard InChI is InChI=1S/C24H40O6SSi/c1-7-27-32(28-8-2,29-9-3)17-13-16-31-23(26)21(18-20-14-11-10-12-15-20)19-22(25)30-24(4,5)6/h10-12,14-15,21H,7-9,13,16-19H2,1-6H3. The Morgan fingerprint density at radius 3 is 2.03 bits per heavy atom. The quantitative estimate of drug-likeness (QED) is 0.191. The Hall–Kier alpha value is -1.19. The lowest BCUT2D eigenvalue weighted by Crippen LogP contribution is -2.46. The second-order valence-corrected chi connectivity index (χ2v) is 12.3. The summed E-state index contributed by atoms with van der Waals surface area (Å²) in [5.74, 6) is -0.145. The largest absolute Gasteiger partial charge is 0.500 e. The minimum absolute atomic E-state index is 0.0104. The molecule has 1 rings (SSSR count). The van der Waals surface area contributed by atoms with Gasteiger partial charge in [0.25, 0.3) is 0 Å². The highest BCUT2D eigenvalue weighted by molar-refractivity contribution is 8.13. The number of hydrogen-bond acceptors (Lipinski definition) is 7. The molecule has 0 aliphatic carbocycles. The van der Waals surface area contributed by atoms with E-state index in [0.29, 0.717) is 38.0 Å². The van der Waals surface area contributed by atoms with Crippen molar-refractivity contribution in [2.24, 2.45) is 5.92 Å². The second kappa shape index (κ2) is 14.9. The van der Waals surface area contributed by atoms with Gasteiger partial charge in [-0.05, 0) is 59.9 Å². The molecule has 6 nitrogen and oxygen atoms in total. The predicted molar refractivity (Wildman–Crippen MR) is 132 cm³/mol. The molecule has 1 aromatic carbocycles. The normalized spacial score (nSPS) is 13.1. The van der Waals surface area contributed by atoms with Crippen molar-refractivity contribution in [3.8, 4) is 0 Å². The van der Waals surface area contributed by atoms with Gasteiger partial charge in [0.1, 0.15) is 5.60 Å². The summed E-state index contributed by atoms with van der Waals surface area (Å²) in [5.41, 5.74) is 0.460. The Kier molecular flexibility index (Phi) is 13.4. The molecule has 0 saturated heterocycles. The van der Waals surface area contributed by atoms with E-state index in [9.17, 15) is 9.59 Å². The van der Waals surface area contributed by atoms with Crippen LogP contribution in [0.2, 0.25) is 6.04 Å². The Morgan fingerprint density at radius 2 is 1.53 bits per heavy atom. The minimum atomic E-state index is -2.71. The van der Waals surface area contributed by atoms with Gasteiger partial charge >= 0.3 is 14.8 Å². The smallest absolute Gasteiger partial charge is 0.460 e. The van der Waals surface area contributed by atoms with Crippen LogP contribution >= 0.6 is 11.8 Å². The van der Waals surface area contributed by atoms with Gasteiger partial charge in [0.2, 0.25) is 0 Å². The summed E-state index contributed by atoms with van der Waals surface area (Å²) in [7, 11) is -2.71. The Labute approximate surface area is 199 Å². The van der Waals surface area contributed by atoms with Crippen LogP contribution in [-0.2, 0) is 34.0 Å². The number of hydrogen-bond donors (Lipinski definition) is 0. The van der Waals surface area contributed by atoms with Crippen molar-refractivity contribution in [3.63, 3.8) is 0 Å². The van der Waals surface area contributed by atoms with Crippen molar-refractivity contribution < 1.29 is 27.6 Å². The van der Waals surface area contributed by atoms with Crippen molar-refractivity contribution >= 4 is 31.7 Å². The number of benzene rings is 1. The molecule has 0 aromatic heterocycles. The van der Waals surface area contributed by atoms with Crippen LogP contribution in [0.25, 0.3) is 0 Å². The van der Waals surface area contributed by atoms with Crippen LogP contribution in [0.5, 0.6) is 0 Å². The molecule has 0 aliphatic heterocycles. The molecule has 0 N–H and O–H groups in total. The molecule has 182 valence electrons. The van der Waals surface area contributed by atoms with Gasteiger partial charge in [-0.25, -0.2) is 0 Å². The number of carbonyl (C=O) groups excluding carboxylic acids is 2. The molecule has 32 heavy (non-hydrogen) atoms. The molecule has 0 spiro atoms. The first-order valence-corrected chi connectivity index (χ1v) is 14.4. The summed E-state index contributed by atoms with van der Waals surface area (Å²) < 4.78 is 23.1. The highest BCUT2D eigenvalue weighted by Gasteiger charge is 2.39. The third-order valence-corrected chi connectivity index (χ3v) is 8.72. The van der Waals surface area contributed by atoms with Gasteiger partial charge in [-0.1, -0.05) is 42.1 Å². The maximum Gasteiger partial charge on any atom is 0.500 e. The van der Waals surface area contributed by atoms with E-state index in [1.165, 1.54) is 11.8 Å². The molecule has 0 amide bonds. The molecule has 0 fully saturated rings. The van der Waals surface area contributed by atoms with Crippen LogP contribution in [0.4, 0.5) is 0 Å². The van der Waals surface area contributed by atoms with E-state index in [1.54, 1.807) is 0 Å². The van der Waals surface area contributed by atoms with Crippen LogP contribution in [0.1, 0.15) is 59.9 Å². The van der Waals surface area contributed by atoms with E-state index in [1.807, 2.05) is 71.9 Å².